The molecule has 0 heterocycles. The van der Waals surface area contributed by atoms with Crippen LogP contribution in [0.2, 0.25) is 18.1 Å². The molecule has 0 aliphatic rings. The second-order valence-electron chi connectivity index (χ2n) is 7.42. The highest BCUT2D eigenvalue weighted by molar-refractivity contribution is 6.74. The van der Waals surface area contributed by atoms with Gasteiger partial charge in [-0.15, -0.1) is 0 Å². The van der Waals surface area contributed by atoms with Gasteiger partial charge >= 0.3 is 5.97 Å². The maximum absolute atomic E-state index is 11.5. The lowest BCUT2D eigenvalue weighted by molar-refractivity contribution is -0.138. The average molecular weight is 355 g/mol. The topological polar surface area (TPSA) is 65.0 Å². The van der Waals surface area contributed by atoms with Crippen LogP contribution in [0.3, 0.4) is 0 Å². The minimum atomic E-state index is -2.09. The Morgan fingerprint density at radius 2 is 1.62 bits per heavy atom. The van der Waals surface area contributed by atoms with Crippen LogP contribution in [0.4, 0.5) is 0 Å². The molecule has 0 saturated carbocycles. The fourth-order valence-corrected chi connectivity index (χ4v) is 3.18. The van der Waals surface area contributed by atoms with E-state index in [1.54, 1.807) is 26.4 Å². The molecule has 1 N–H and O–H groups in total. The second kappa shape index (κ2) is 7.47. The average Bonchev–Trinajstić information content (AvgIpc) is 2.46. The molecular formula is C18H30O5Si. The molecule has 0 saturated heterocycles. The summed E-state index contributed by atoms with van der Waals surface area (Å²) in [6.45, 7) is 12.6. The van der Waals surface area contributed by atoms with Crippen molar-refractivity contribution in [1.29, 1.82) is 0 Å². The summed E-state index contributed by atoms with van der Waals surface area (Å²) in [5, 5.41) is 9.43. The van der Waals surface area contributed by atoms with E-state index >= 15 is 0 Å². The minimum absolute atomic E-state index is 0.0225. The van der Waals surface area contributed by atoms with E-state index in [4.69, 9.17) is 13.9 Å². The molecule has 0 aromatic heterocycles. The van der Waals surface area contributed by atoms with Gasteiger partial charge in [0.25, 0.3) is 8.32 Å². The summed E-state index contributed by atoms with van der Waals surface area (Å²) < 4.78 is 17.4. The smallest absolute Gasteiger partial charge is 0.310 e. The Bertz CT molecular complexity index is 565. The highest BCUT2D eigenvalue weighted by Gasteiger charge is 2.40. The lowest BCUT2D eigenvalue weighted by Crippen LogP contribution is -2.44. The number of carboxylic acid groups (broad SMARTS) is 1. The molecule has 1 rings (SSSR count). The van der Waals surface area contributed by atoms with Gasteiger partial charge in [-0.1, -0.05) is 27.7 Å². The fourth-order valence-electron chi connectivity index (χ4n) is 2.16. The Balaban J connectivity index is 3.44. The van der Waals surface area contributed by atoms with Crippen LogP contribution in [-0.2, 0) is 4.79 Å². The molecule has 0 fully saturated rings. The highest BCUT2D eigenvalue weighted by Crippen LogP contribution is 2.46. The van der Waals surface area contributed by atoms with E-state index in [2.05, 4.69) is 33.9 Å². The summed E-state index contributed by atoms with van der Waals surface area (Å²) in [6, 6.07) is 3.49. The van der Waals surface area contributed by atoms with E-state index in [0.29, 0.717) is 29.2 Å². The minimum Gasteiger partial charge on any atom is -0.539 e. The van der Waals surface area contributed by atoms with E-state index in [9.17, 15) is 9.90 Å². The molecule has 0 amide bonds. The predicted octanol–water partition coefficient (Wildman–Crippen LogP) is 4.67. The van der Waals surface area contributed by atoms with Crippen LogP contribution < -0.4 is 13.9 Å². The van der Waals surface area contributed by atoms with E-state index in [-0.39, 0.29) is 5.04 Å². The van der Waals surface area contributed by atoms with Gasteiger partial charge in [-0.25, -0.2) is 0 Å². The lowest BCUT2D eigenvalue weighted by Gasteiger charge is -2.37. The zero-order valence-electron chi connectivity index (χ0n) is 16.0. The van der Waals surface area contributed by atoms with Gasteiger partial charge in [0, 0.05) is 0 Å². The lowest BCUT2D eigenvalue weighted by atomic mass is 9.96. The third-order valence-electron chi connectivity index (χ3n) is 4.76. The standard InChI is InChI=1S/C18H30O5Si/c1-9-13(17(19)20)12-10-14(21-5)16(15(11-12)22-6)23-24(7,8)18(2,3)4/h10-11,13H,9H2,1-8H3,(H,19,20). The maximum Gasteiger partial charge on any atom is 0.310 e. The fraction of sp³-hybridized carbons (Fsp3) is 0.611. The Morgan fingerprint density at radius 1 is 1.17 bits per heavy atom. The van der Waals surface area contributed by atoms with Crippen molar-refractivity contribution in [3.8, 4) is 17.2 Å². The third kappa shape index (κ3) is 4.23. The van der Waals surface area contributed by atoms with Crippen molar-refractivity contribution in [2.75, 3.05) is 14.2 Å². The first-order chi connectivity index (χ1) is 11.0. The van der Waals surface area contributed by atoms with E-state index in [0.717, 1.165) is 0 Å². The largest absolute Gasteiger partial charge is 0.539 e. The van der Waals surface area contributed by atoms with Crippen molar-refractivity contribution in [1.82, 2.24) is 0 Å². The van der Waals surface area contributed by atoms with Gasteiger partial charge in [0.1, 0.15) is 0 Å². The number of carbonyl (C=O) groups is 1. The molecular weight excluding hydrogens is 324 g/mol. The van der Waals surface area contributed by atoms with Crippen LogP contribution in [0, 0.1) is 0 Å². The number of benzene rings is 1. The first-order valence-corrected chi connectivity index (χ1v) is 11.1. The molecule has 6 heteroatoms. The van der Waals surface area contributed by atoms with Gasteiger partial charge in [-0.05, 0) is 42.2 Å². The molecule has 1 atom stereocenters. The van der Waals surface area contributed by atoms with E-state index in [1.165, 1.54) is 0 Å². The molecule has 0 radical (unpaired) electrons. The zero-order valence-corrected chi connectivity index (χ0v) is 17.0. The molecule has 1 unspecified atom stereocenters. The summed E-state index contributed by atoms with van der Waals surface area (Å²) in [6.07, 6.45) is 0.490. The zero-order chi connectivity index (χ0) is 18.7. The Hall–Kier alpha value is -1.69. The quantitative estimate of drug-likeness (QED) is 0.721. The van der Waals surface area contributed by atoms with Crippen LogP contribution >= 0.6 is 0 Å². The molecule has 0 spiro atoms. The first kappa shape index (κ1) is 20.4. The third-order valence-corrected chi connectivity index (χ3v) is 9.08. The molecule has 24 heavy (non-hydrogen) atoms. The van der Waals surface area contributed by atoms with Crippen LogP contribution in [0.25, 0.3) is 0 Å². The van der Waals surface area contributed by atoms with E-state index < -0.39 is 20.2 Å². The number of rotatable bonds is 7. The normalized spacial score (nSPS) is 13.3. The maximum atomic E-state index is 11.5. The second-order valence-corrected chi connectivity index (χ2v) is 12.1. The van der Waals surface area contributed by atoms with Crippen LogP contribution in [-0.4, -0.2) is 33.6 Å². The van der Waals surface area contributed by atoms with Crippen molar-refractivity contribution in [3.05, 3.63) is 17.7 Å². The van der Waals surface area contributed by atoms with Gasteiger partial charge in [0.15, 0.2) is 17.2 Å². The summed E-state index contributed by atoms with van der Waals surface area (Å²) in [7, 11) is 1.02. The Morgan fingerprint density at radius 3 is 1.92 bits per heavy atom. The Labute approximate surface area is 146 Å². The summed E-state index contributed by atoms with van der Waals surface area (Å²) in [4.78, 5) is 11.5. The number of aliphatic carboxylic acids is 1. The molecule has 136 valence electrons. The van der Waals surface area contributed by atoms with Gasteiger partial charge in [-0.2, -0.15) is 0 Å². The van der Waals surface area contributed by atoms with Crippen LogP contribution in [0.5, 0.6) is 17.2 Å². The van der Waals surface area contributed by atoms with Crippen molar-refractivity contribution < 1.29 is 23.8 Å². The highest BCUT2D eigenvalue weighted by atomic mass is 28.4. The number of methoxy groups -OCH3 is 2. The van der Waals surface area contributed by atoms with Gasteiger partial charge < -0.3 is 19.0 Å². The van der Waals surface area contributed by atoms with Crippen LogP contribution in [0.15, 0.2) is 12.1 Å². The van der Waals surface area contributed by atoms with Crippen molar-refractivity contribution in [2.24, 2.45) is 0 Å². The van der Waals surface area contributed by atoms with Gasteiger partial charge in [0.05, 0.1) is 20.1 Å². The molecule has 1 aromatic carbocycles. The van der Waals surface area contributed by atoms with Crippen LogP contribution in [0.1, 0.15) is 45.6 Å². The number of carboxylic acids is 1. The van der Waals surface area contributed by atoms with Crippen molar-refractivity contribution in [2.45, 2.75) is 58.2 Å². The van der Waals surface area contributed by atoms with Gasteiger partial charge in [-0.3, -0.25) is 4.79 Å². The predicted molar refractivity (Wildman–Crippen MR) is 98.0 cm³/mol. The molecule has 0 aliphatic heterocycles. The van der Waals surface area contributed by atoms with Crippen molar-refractivity contribution >= 4 is 14.3 Å². The summed E-state index contributed by atoms with van der Waals surface area (Å²) in [5.41, 5.74) is 0.654. The summed E-state index contributed by atoms with van der Waals surface area (Å²) in [5.74, 6) is 0.104. The number of hydrogen-bond acceptors (Lipinski definition) is 4. The monoisotopic (exact) mass is 354 g/mol. The Kier molecular flexibility index (Phi) is 6.33. The van der Waals surface area contributed by atoms with Gasteiger partial charge in [0.2, 0.25) is 0 Å². The molecule has 1 aromatic rings. The number of ether oxygens (including phenoxy) is 2. The SMILES string of the molecule is CCC(C(=O)O)c1cc(OC)c(O[Si](C)(C)C(C)(C)C)c(OC)c1. The molecule has 0 aliphatic carbocycles. The molecule has 5 nitrogen and oxygen atoms in total. The van der Waals surface area contributed by atoms with Crippen molar-refractivity contribution in [3.63, 3.8) is 0 Å². The molecule has 0 bridgehead atoms. The number of hydrogen-bond donors (Lipinski definition) is 1. The van der Waals surface area contributed by atoms with E-state index in [1.807, 2.05) is 6.92 Å². The summed E-state index contributed by atoms with van der Waals surface area (Å²) >= 11 is 0. The first-order valence-electron chi connectivity index (χ1n) is 8.16.